The van der Waals surface area contributed by atoms with Crippen molar-refractivity contribution in [3.8, 4) is 5.69 Å². The van der Waals surface area contributed by atoms with Gasteiger partial charge in [0, 0.05) is 23.1 Å². The predicted molar refractivity (Wildman–Crippen MR) is 110 cm³/mol. The van der Waals surface area contributed by atoms with E-state index in [2.05, 4.69) is 53.2 Å². The Hall–Kier alpha value is -2.81. The molecule has 3 nitrogen and oxygen atoms in total. The van der Waals surface area contributed by atoms with Crippen molar-refractivity contribution in [3.05, 3.63) is 88.7 Å². The lowest BCUT2D eigenvalue weighted by molar-refractivity contribution is 0.0934. The van der Waals surface area contributed by atoms with Gasteiger partial charge in [0.25, 0.3) is 5.91 Å². The number of fused-ring (bicyclic) bond motifs is 1. The molecule has 0 saturated carbocycles. The smallest absolute Gasteiger partial charge is 0.253 e. The standard InChI is InChI=1S/C24H26N2O/c1-17-15-23(18(2)26(17)22-13-4-3-5-14-22)24(27)25-21-12-8-11-19-9-6-7-10-20(19)16-21/h3-7,9-10,13-15,21H,8,11-12,16H2,1-2H3,(H,25,27)/t21-/m0/s1. The van der Waals surface area contributed by atoms with Crippen LogP contribution in [0.2, 0.25) is 0 Å². The molecule has 1 N–H and O–H groups in total. The average Bonchev–Trinajstić information content (AvgIpc) is 2.85. The molecule has 3 heteroatoms. The van der Waals surface area contributed by atoms with Gasteiger partial charge < -0.3 is 9.88 Å². The SMILES string of the molecule is Cc1cc(C(=O)N[C@H]2CCCc3ccccc3C2)c(C)n1-c1ccccc1. The molecule has 1 aliphatic carbocycles. The number of hydrogen-bond acceptors (Lipinski definition) is 1. The van der Waals surface area contributed by atoms with Crippen molar-refractivity contribution in [2.24, 2.45) is 0 Å². The molecule has 2 aromatic carbocycles. The lowest BCUT2D eigenvalue weighted by Crippen LogP contribution is -2.36. The summed E-state index contributed by atoms with van der Waals surface area (Å²) in [5.74, 6) is 0.0367. The fourth-order valence-electron chi connectivity index (χ4n) is 4.26. The van der Waals surface area contributed by atoms with E-state index in [1.54, 1.807) is 0 Å². The number of aromatic nitrogens is 1. The molecule has 0 saturated heterocycles. The largest absolute Gasteiger partial charge is 0.349 e. The quantitative estimate of drug-likeness (QED) is 0.672. The average molecular weight is 358 g/mol. The lowest BCUT2D eigenvalue weighted by Gasteiger charge is -2.17. The molecule has 1 amide bonds. The number of para-hydroxylation sites is 1. The van der Waals surface area contributed by atoms with Gasteiger partial charge in [-0.05, 0) is 68.9 Å². The van der Waals surface area contributed by atoms with Crippen LogP contribution in [0, 0.1) is 13.8 Å². The van der Waals surface area contributed by atoms with Crippen molar-refractivity contribution in [2.45, 2.75) is 45.6 Å². The molecule has 0 fully saturated rings. The lowest BCUT2D eigenvalue weighted by atomic mass is 10.0. The van der Waals surface area contributed by atoms with E-state index in [9.17, 15) is 4.79 Å². The van der Waals surface area contributed by atoms with Crippen LogP contribution in [0.15, 0.2) is 60.7 Å². The van der Waals surface area contributed by atoms with Crippen molar-refractivity contribution < 1.29 is 4.79 Å². The van der Waals surface area contributed by atoms with Gasteiger partial charge in [0.1, 0.15) is 0 Å². The first-order chi connectivity index (χ1) is 13.1. The van der Waals surface area contributed by atoms with Gasteiger partial charge in [-0.15, -0.1) is 0 Å². The zero-order valence-electron chi connectivity index (χ0n) is 16.0. The number of carbonyl (C=O) groups is 1. The molecule has 0 aliphatic heterocycles. The summed E-state index contributed by atoms with van der Waals surface area (Å²) in [6.07, 6.45) is 4.16. The Balaban J connectivity index is 1.56. The van der Waals surface area contributed by atoms with Crippen LogP contribution in [0.5, 0.6) is 0 Å². The first-order valence-corrected chi connectivity index (χ1v) is 9.75. The first-order valence-electron chi connectivity index (χ1n) is 9.75. The minimum Gasteiger partial charge on any atom is -0.349 e. The molecule has 0 bridgehead atoms. The van der Waals surface area contributed by atoms with E-state index in [1.165, 1.54) is 11.1 Å². The third-order valence-electron chi connectivity index (χ3n) is 5.61. The summed E-state index contributed by atoms with van der Waals surface area (Å²) in [6, 6.07) is 21.0. The van der Waals surface area contributed by atoms with Crippen LogP contribution in [0.4, 0.5) is 0 Å². The summed E-state index contributed by atoms with van der Waals surface area (Å²) >= 11 is 0. The molecular weight excluding hydrogens is 332 g/mol. The Morgan fingerprint density at radius 2 is 1.70 bits per heavy atom. The molecule has 1 atom stereocenters. The second-order valence-corrected chi connectivity index (χ2v) is 7.49. The number of carbonyl (C=O) groups excluding carboxylic acids is 1. The Morgan fingerprint density at radius 1 is 1.00 bits per heavy atom. The van der Waals surface area contributed by atoms with Gasteiger partial charge in [-0.2, -0.15) is 0 Å². The number of nitrogens with zero attached hydrogens (tertiary/aromatic N) is 1. The highest BCUT2D eigenvalue weighted by molar-refractivity contribution is 5.96. The maximum atomic E-state index is 13.0. The Kier molecular flexibility index (Phi) is 4.85. The Bertz CT molecular complexity index is 956. The molecule has 138 valence electrons. The molecule has 0 spiro atoms. The van der Waals surface area contributed by atoms with E-state index in [4.69, 9.17) is 0 Å². The molecule has 0 radical (unpaired) electrons. The monoisotopic (exact) mass is 358 g/mol. The molecule has 4 rings (SSSR count). The maximum Gasteiger partial charge on any atom is 0.253 e. The minimum atomic E-state index is 0.0367. The minimum absolute atomic E-state index is 0.0367. The molecule has 1 aromatic heterocycles. The van der Waals surface area contributed by atoms with Gasteiger partial charge in [0.2, 0.25) is 0 Å². The highest BCUT2D eigenvalue weighted by Gasteiger charge is 2.22. The van der Waals surface area contributed by atoms with Crippen LogP contribution >= 0.6 is 0 Å². The summed E-state index contributed by atoms with van der Waals surface area (Å²) in [7, 11) is 0. The molecule has 1 aliphatic rings. The van der Waals surface area contributed by atoms with E-state index in [0.717, 1.165) is 48.3 Å². The summed E-state index contributed by atoms with van der Waals surface area (Å²) < 4.78 is 2.15. The van der Waals surface area contributed by atoms with Crippen molar-refractivity contribution >= 4 is 5.91 Å². The van der Waals surface area contributed by atoms with Gasteiger partial charge in [-0.25, -0.2) is 0 Å². The first kappa shape index (κ1) is 17.6. The summed E-state index contributed by atoms with van der Waals surface area (Å²) in [5, 5.41) is 3.30. The van der Waals surface area contributed by atoms with Crippen LogP contribution < -0.4 is 5.32 Å². The van der Waals surface area contributed by atoms with Crippen LogP contribution in [0.3, 0.4) is 0 Å². The zero-order valence-corrected chi connectivity index (χ0v) is 16.0. The number of nitrogens with one attached hydrogen (secondary N) is 1. The van der Waals surface area contributed by atoms with Crippen molar-refractivity contribution in [1.29, 1.82) is 0 Å². The third kappa shape index (κ3) is 3.55. The number of amides is 1. The fourth-order valence-corrected chi connectivity index (χ4v) is 4.26. The van der Waals surface area contributed by atoms with Crippen molar-refractivity contribution in [1.82, 2.24) is 9.88 Å². The van der Waals surface area contributed by atoms with Crippen molar-refractivity contribution in [2.75, 3.05) is 0 Å². The van der Waals surface area contributed by atoms with Crippen LogP contribution in [0.1, 0.15) is 45.7 Å². The van der Waals surface area contributed by atoms with E-state index >= 15 is 0 Å². The number of aryl methyl sites for hydroxylation is 2. The predicted octanol–water partition coefficient (Wildman–Crippen LogP) is 4.77. The van der Waals surface area contributed by atoms with Gasteiger partial charge in [0.05, 0.1) is 5.56 Å². The molecular formula is C24H26N2O. The maximum absolute atomic E-state index is 13.0. The number of benzene rings is 2. The Morgan fingerprint density at radius 3 is 2.48 bits per heavy atom. The van der Waals surface area contributed by atoms with E-state index in [-0.39, 0.29) is 11.9 Å². The second-order valence-electron chi connectivity index (χ2n) is 7.49. The summed E-state index contributed by atoms with van der Waals surface area (Å²) in [5.41, 5.74) is 6.73. The van der Waals surface area contributed by atoms with Crippen molar-refractivity contribution in [3.63, 3.8) is 0 Å². The molecule has 27 heavy (non-hydrogen) atoms. The van der Waals surface area contributed by atoms with Crippen LogP contribution in [0.25, 0.3) is 5.69 Å². The third-order valence-corrected chi connectivity index (χ3v) is 5.61. The topological polar surface area (TPSA) is 34.0 Å². The zero-order chi connectivity index (χ0) is 18.8. The highest BCUT2D eigenvalue weighted by Crippen LogP contribution is 2.23. The number of hydrogen-bond donors (Lipinski definition) is 1. The molecule has 0 unspecified atom stereocenters. The highest BCUT2D eigenvalue weighted by atomic mass is 16.1. The summed E-state index contributed by atoms with van der Waals surface area (Å²) in [6.45, 7) is 4.08. The molecule has 1 heterocycles. The van der Waals surface area contributed by atoms with Gasteiger partial charge in [-0.3, -0.25) is 4.79 Å². The van der Waals surface area contributed by atoms with Gasteiger partial charge in [0.15, 0.2) is 0 Å². The summed E-state index contributed by atoms with van der Waals surface area (Å²) in [4.78, 5) is 13.0. The van der Waals surface area contributed by atoms with E-state index < -0.39 is 0 Å². The number of rotatable bonds is 3. The van der Waals surface area contributed by atoms with Gasteiger partial charge >= 0.3 is 0 Å². The second kappa shape index (κ2) is 7.43. The normalized spacial score (nSPS) is 16.4. The van der Waals surface area contributed by atoms with E-state index in [1.807, 2.05) is 31.2 Å². The van der Waals surface area contributed by atoms with Gasteiger partial charge in [-0.1, -0.05) is 42.5 Å². The molecule has 3 aromatic rings. The van der Waals surface area contributed by atoms with Crippen LogP contribution in [-0.4, -0.2) is 16.5 Å². The Labute approximate surface area is 161 Å². The fraction of sp³-hybridized carbons (Fsp3) is 0.292. The van der Waals surface area contributed by atoms with Crippen LogP contribution in [-0.2, 0) is 12.8 Å². The van der Waals surface area contributed by atoms with E-state index in [0.29, 0.717) is 0 Å².